The van der Waals surface area contributed by atoms with Crippen LogP contribution < -0.4 is 0 Å². The number of methoxy groups -OCH3 is 1. The third-order valence-electron chi connectivity index (χ3n) is 9.79. The Morgan fingerprint density at radius 2 is 1.74 bits per heavy atom. The molecular formula is C27H46O4. The molecule has 3 saturated carbocycles. The minimum Gasteiger partial charge on any atom is -0.481 e. The molecule has 0 spiro atoms. The van der Waals surface area contributed by atoms with Crippen LogP contribution in [0.4, 0.5) is 0 Å². The molecule has 3 aliphatic carbocycles. The lowest BCUT2D eigenvalue weighted by atomic mass is 9.50. The zero-order valence-electron chi connectivity index (χ0n) is 20.6. The van der Waals surface area contributed by atoms with E-state index in [0.29, 0.717) is 23.7 Å². The Morgan fingerprint density at radius 1 is 1.00 bits per heavy atom. The number of carboxylic acids is 1. The third kappa shape index (κ3) is 5.30. The van der Waals surface area contributed by atoms with E-state index in [2.05, 4.69) is 27.7 Å². The molecule has 4 heteroatoms. The SMILES string of the molecule is COC(=O)C[C@H]1[C@H](CC(=O)O)CC[C@@H]2[C@@H]1CC[C@]1(C)C(C(C)CCCC(C)C)CC[C@@H]21. The van der Waals surface area contributed by atoms with Gasteiger partial charge in [0.05, 0.1) is 7.11 Å². The van der Waals surface area contributed by atoms with Crippen LogP contribution in [0.1, 0.15) is 98.3 Å². The van der Waals surface area contributed by atoms with E-state index in [-0.39, 0.29) is 24.2 Å². The first-order chi connectivity index (χ1) is 14.7. The molecule has 0 aromatic rings. The number of carbonyl (C=O) groups is 2. The molecular weight excluding hydrogens is 388 g/mol. The Kier molecular flexibility index (Phi) is 8.13. The average Bonchev–Trinajstić information content (AvgIpc) is 3.06. The van der Waals surface area contributed by atoms with Crippen LogP contribution >= 0.6 is 0 Å². The van der Waals surface area contributed by atoms with Crippen molar-refractivity contribution >= 4 is 11.9 Å². The van der Waals surface area contributed by atoms with Crippen LogP contribution in [0.2, 0.25) is 0 Å². The van der Waals surface area contributed by atoms with Crippen LogP contribution in [-0.2, 0) is 14.3 Å². The zero-order valence-corrected chi connectivity index (χ0v) is 20.6. The molecule has 1 N–H and O–H groups in total. The predicted octanol–water partition coefficient (Wildman–Crippen LogP) is 6.57. The van der Waals surface area contributed by atoms with E-state index in [4.69, 9.17) is 4.74 Å². The summed E-state index contributed by atoms with van der Waals surface area (Å²) in [5.41, 5.74) is 0.424. The van der Waals surface area contributed by atoms with Gasteiger partial charge in [0.25, 0.3) is 0 Å². The number of rotatable bonds is 9. The number of hydrogen-bond acceptors (Lipinski definition) is 3. The van der Waals surface area contributed by atoms with Gasteiger partial charge in [-0.2, -0.15) is 0 Å². The Morgan fingerprint density at radius 3 is 2.39 bits per heavy atom. The fraction of sp³-hybridized carbons (Fsp3) is 0.926. The first-order valence-electron chi connectivity index (χ1n) is 13.0. The third-order valence-corrected chi connectivity index (χ3v) is 9.79. The number of carbonyl (C=O) groups excluding carboxylic acids is 1. The summed E-state index contributed by atoms with van der Waals surface area (Å²) < 4.78 is 5.01. The standard InChI is InChI=1S/C27H46O4/c1-17(2)7-6-8-18(3)23-11-12-24-21-10-9-19(15-25(28)29)22(16-26(30)31-5)20(21)13-14-27(23,24)4/h17-24H,6-16H2,1-5H3,(H,28,29)/t18?,19-,20-,21+,22-,23?,24-,27+/m0/s1. The number of hydrogen-bond donors (Lipinski definition) is 1. The summed E-state index contributed by atoms with van der Waals surface area (Å²) in [5.74, 6) is 3.70. The molecule has 0 aromatic heterocycles. The topological polar surface area (TPSA) is 63.6 Å². The summed E-state index contributed by atoms with van der Waals surface area (Å²) in [5, 5.41) is 9.45. The van der Waals surface area contributed by atoms with Crippen LogP contribution in [0.15, 0.2) is 0 Å². The highest BCUT2D eigenvalue weighted by atomic mass is 16.5. The molecule has 0 aromatic carbocycles. The van der Waals surface area contributed by atoms with Gasteiger partial charge in [0, 0.05) is 12.8 Å². The van der Waals surface area contributed by atoms with E-state index in [1.54, 1.807) is 0 Å². The predicted molar refractivity (Wildman–Crippen MR) is 123 cm³/mol. The van der Waals surface area contributed by atoms with Gasteiger partial charge in [-0.15, -0.1) is 0 Å². The molecule has 0 radical (unpaired) electrons. The highest BCUT2D eigenvalue weighted by molar-refractivity contribution is 5.70. The Hall–Kier alpha value is -1.06. The largest absolute Gasteiger partial charge is 0.481 e. The van der Waals surface area contributed by atoms with Crippen molar-refractivity contribution in [2.24, 2.45) is 52.8 Å². The van der Waals surface area contributed by atoms with Crippen molar-refractivity contribution in [2.45, 2.75) is 98.3 Å². The van der Waals surface area contributed by atoms with Gasteiger partial charge in [0.2, 0.25) is 0 Å². The maximum absolute atomic E-state index is 12.2. The van der Waals surface area contributed by atoms with Gasteiger partial charge in [-0.3, -0.25) is 9.59 Å². The van der Waals surface area contributed by atoms with Crippen LogP contribution in [0, 0.1) is 52.8 Å². The van der Waals surface area contributed by atoms with Crippen LogP contribution in [0.5, 0.6) is 0 Å². The number of esters is 1. The van der Waals surface area contributed by atoms with Crippen molar-refractivity contribution in [1.82, 2.24) is 0 Å². The summed E-state index contributed by atoms with van der Waals surface area (Å²) >= 11 is 0. The summed E-state index contributed by atoms with van der Waals surface area (Å²) in [6.07, 6.45) is 11.8. The first-order valence-corrected chi connectivity index (χ1v) is 13.0. The van der Waals surface area contributed by atoms with Crippen LogP contribution in [0.3, 0.4) is 0 Å². The van der Waals surface area contributed by atoms with Gasteiger partial charge in [0.15, 0.2) is 0 Å². The van der Waals surface area contributed by atoms with Gasteiger partial charge in [-0.05, 0) is 91.3 Å². The normalized spacial score (nSPS) is 38.4. The lowest BCUT2D eigenvalue weighted by Crippen LogP contribution is -2.48. The second kappa shape index (κ2) is 10.3. The van der Waals surface area contributed by atoms with Crippen molar-refractivity contribution in [3.8, 4) is 0 Å². The lowest BCUT2D eigenvalue weighted by molar-refractivity contribution is -0.148. The quantitative estimate of drug-likeness (QED) is 0.417. The summed E-state index contributed by atoms with van der Waals surface area (Å²) in [7, 11) is 1.45. The highest BCUT2D eigenvalue weighted by Gasteiger charge is 2.57. The average molecular weight is 435 g/mol. The number of aliphatic carboxylic acids is 1. The van der Waals surface area contributed by atoms with E-state index >= 15 is 0 Å². The van der Waals surface area contributed by atoms with Gasteiger partial charge in [-0.1, -0.05) is 47.0 Å². The Balaban J connectivity index is 1.73. The molecule has 0 saturated heterocycles. The molecule has 3 aliphatic rings. The summed E-state index contributed by atoms with van der Waals surface area (Å²) in [6.45, 7) is 9.71. The second-order valence-corrected chi connectivity index (χ2v) is 11.8. The molecule has 0 amide bonds. The fourth-order valence-corrected chi connectivity index (χ4v) is 8.33. The van der Waals surface area contributed by atoms with Crippen molar-refractivity contribution in [3.63, 3.8) is 0 Å². The van der Waals surface area contributed by atoms with E-state index in [1.807, 2.05) is 0 Å². The molecule has 178 valence electrons. The molecule has 3 rings (SSSR count). The molecule has 2 unspecified atom stereocenters. The minimum absolute atomic E-state index is 0.120. The van der Waals surface area contributed by atoms with Crippen molar-refractivity contribution < 1.29 is 19.4 Å². The van der Waals surface area contributed by atoms with E-state index in [9.17, 15) is 14.7 Å². The molecule has 4 nitrogen and oxygen atoms in total. The van der Waals surface area contributed by atoms with Crippen molar-refractivity contribution in [3.05, 3.63) is 0 Å². The number of fused-ring (bicyclic) bond motifs is 3. The van der Waals surface area contributed by atoms with E-state index < -0.39 is 5.97 Å². The van der Waals surface area contributed by atoms with Gasteiger partial charge in [-0.25, -0.2) is 0 Å². The monoisotopic (exact) mass is 434 g/mol. The fourth-order valence-electron chi connectivity index (χ4n) is 8.33. The lowest BCUT2D eigenvalue weighted by Gasteiger charge is -2.55. The van der Waals surface area contributed by atoms with Gasteiger partial charge in [0.1, 0.15) is 0 Å². The van der Waals surface area contributed by atoms with Crippen LogP contribution in [-0.4, -0.2) is 24.2 Å². The zero-order chi connectivity index (χ0) is 22.8. The molecule has 0 heterocycles. The van der Waals surface area contributed by atoms with Crippen LogP contribution in [0.25, 0.3) is 0 Å². The molecule has 3 fully saturated rings. The smallest absolute Gasteiger partial charge is 0.305 e. The Labute approximate surface area is 189 Å². The summed E-state index contributed by atoms with van der Waals surface area (Å²) in [4.78, 5) is 23.7. The molecule has 0 bridgehead atoms. The van der Waals surface area contributed by atoms with E-state index in [0.717, 1.165) is 42.9 Å². The maximum Gasteiger partial charge on any atom is 0.305 e. The Bertz CT molecular complexity index is 629. The maximum atomic E-state index is 12.2. The molecule has 31 heavy (non-hydrogen) atoms. The molecule has 0 aliphatic heterocycles. The van der Waals surface area contributed by atoms with Crippen molar-refractivity contribution in [1.29, 1.82) is 0 Å². The van der Waals surface area contributed by atoms with Gasteiger partial charge >= 0.3 is 11.9 Å². The molecule has 8 atom stereocenters. The first kappa shape index (κ1) is 24.6. The second-order valence-electron chi connectivity index (χ2n) is 11.8. The van der Waals surface area contributed by atoms with Crippen molar-refractivity contribution in [2.75, 3.05) is 7.11 Å². The van der Waals surface area contributed by atoms with Gasteiger partial charge < -0.3 is 9.84 Å². The highest BCUT2D eigenvalue weighted by Crippen LogP contribution is 2.65. The minimum atomic E-state index is -0.727. The van der Waals surface area contributed by atoms with E-state index in [1.165, 1.54) is 45.6 Å². The summed E-state index contributed by atoms with van der Waals surface area (Å²) in [6, 6.07) is 0. The number of carboxylic acid groups (broad SMARTS) is 1. The number of ether oxygens (including phenoxy) is 1.